The summed E-state index contributed by atoms with van der Waals surface area (Å²) in [6.45, 7) is 17.7. The Balaban J connectivity index is 0.00000117. The molecule has 0 fully saturated rings. The van der Waals surface area contributed by atoms with Gasteiger partial charge in [-0.25, -0.2) is 33.6 Å². The molecule has 25 heteroatoms. The maximum atomic E-state index is 11.5. The van der Waals surface area contributed by atoms with E-state index < -0.39 is 20.2 Å². The fourth-order valence-corrected chi connectivity index (χ4v) is 5.81. The number of hydrogen-bond acceptors (Lipinski definition) is 17. The summed E-state index contributed by atoms with van der Waals surface area (Å²) in [5.41, 5.74) is 19.8. The zero-order valence-electron chi connectivity index (χ0n) is 35.9. The van der Waals surface area contributed by atoms with Crippen LogP contribution in [0.4, 0.5) is 17.5 Å². The molecule has 10 N–H and O–H groups in total. The Morgan fingerprint density at radius 1 is 0.683 bits per heavy atom. The second-order valence-corrected chi connectivity index (χ2v) is 13.0. The van der Waals surface area contributed by atoms with Crippen LogP contribution in [0.3, 0.4) is 0 Å². The fourth-order valence-electron chi connectivity index (χ4n) is 5.81. The van der Waals surface area contributed by atoms with Gasteiger partial charge in [-0.2, -0.15) is 0 Å². The Hall–Kier alpha value is -6.02. The molecule has 0 saturated carbocycles. The number of carbonyl (C=O) groups is 2. The maximum Gasteiger partial charge on any atom is 0.342 e. The molecule has 0 spiro atoms. The van der Waals surface area contributed by atoms with Crippen molar-refractivity contribution in [1.82, 2.24) is 48.8 Å². The van der Waals surface area contributed by atoms with Crippen molar-refractivity contribution >= 4 is 29.6 Å². The summed E-state index contributed by atoms with van der Waals surface area (Å²) < 4.78 is 6.49. The van der Waals surface area contributed by atoms with Crippen molar-refractivity contribution < 1.29 is 24.4 Å². The van der Waals surface area contributed by atoms with Crippen LogP contribution in [-0.2, 0) is 35.8 Å². The number of rotatable bonds is 18. The molecule has 0 unspecified atom stereocenters. The van der Waals surface area contributed by atoms with Crippen LogP contribution in [0.15, 0.2) is 24.8 Å². The molecule has 4 rings (SSSR count). The summed E-state index contributed by atoms with van der Waals surface area (Å²) >= 11 is 0. The van der Waals surface area contributed by atoms with Gasteiger partial charge in [0.25, 0.3) is 0 Å². The number of nitrogens with two attached hydrogens (primary N) is 4. The molecule has 0 aliphatic rings. The minimum absolute atomic E-state index is 0.0856. The van der Waals surface area contributed by atoms with Gasteiger partial charge in [-0.05, 0) is 59.8 Å². The first-order valence-corrected chi connectivity index (χ1v) is 19.0. The first-order chi connectivity index (χ1) is 28.3. The van der Waals surface area contributed by atoms with Gasteiger partial charge < -0.3 is 73.3 Å². The van der Waals surface area contributed by atoms with Crippen molar-refractivity contribution in [2.45, 2.75) is 107 Å². The van der Waals surface area contributed by atoms with Crippen LogP contribution >= 0.6 is 0 Å². The van der Waals surface area contributed by atoms with E-state index in [1.54, 1.807) is 40.7 Å². The number of imidazole rings is 4. The maximum absolute atomic E-state index is 11.5. The van der Waals surface area contributed by atoms with E-state index in [4.69, 9.17) is 11.5 Å². The average molecular weight is 850 g/mol. The smallest absolute Gasteiger partial charge is 0.342 e. The van der Waals surface area contributed by atoms with Gasteiger partial charge in [-0.15, -0.1) is 0 Å². The number of nitrogens with zero attached hydrogens (tertiary/aromatic N) is 11. The monoisotopic (exact) mass is 850 g/mol. The molecule has 0 aliphatic carbocycles. The van der Waals surface area contributed by atoms with Gasteiger partial charge in [0.1, 0.15) is 30.7 Å². The van der Waals surface area contributed by atoms with Crippen LogP contribution in [0.1, 0.15) is 75.4 Å². The van der Waals surface area contributed by atoms with Gasteiger partial charge in [0.15, 0.2) is 17.5 Å². The predicted octanol–water partition coefficient (Wildman–Crippen LogP) is 2.00. The molecule has 0 atom stereocenters. The van der Waals surface area contributed by atoms with Crippen LogP contribution in [0.5, 0.6) is 0 Å². The van der Waals surface area contributed by atoms with Gasteiger partial charge in [0, 0.05) is 52.9 Å². The first kappa shape index (κ1) is 54.0. The number of hydrogen-bond donors (Lipinski definition) is 6. The second kappa shape index (κ2) is 28.4. The van der Waals surface area contributed by atoms with Crippen molar-refractivity contribution in [3.63, 3.8) is 0 Å². The summed E-state index contributed by atoms with van der Waals surface area (Å²) in [5, 5.41) is 39.6. The molecule has 4 aromatic heterocycles. The third-order valence-corrected chi connectivity index (χ3v) is 9.27. The molecule has 25 nitrogen and oxygen atoms in total. The standard InChI is InChI=1S/C21H29N9O6.C7H10N2O.C3H8N2O.C3H10N2.CH6N2/c1-5-21(6-9-25-15(2)22-12-18(25)28(31)32,7-10-26-16(3)23-13-19(26)29(33)34)8-11-27-17(4)24-14-20(27)30(35)36;1-6-5-8-7(2)9(6)3-4-10;1-3(6)5-2-4;1-2-5-3-4;2-1-3/h12-14H,5-11H2,1-4H3;4-5H,3H2,1-2H3;2,4H2,1H3,(H,5,6);5H,2-4H2,1H3;1-3H2. The number of nitro groups is 3. The van der Waals surface area contributed by atoms with Gasteiger partial charge in [-0.1, -0.05) is 20.3 Å². The van der Waals surface area contributed by atoms with Crippen LogP contribution in [-0.4, -0.2) is 91.7 Å². The summed E-state index contributed by atoms with van der Waals surface area (Å²) in [6, 6.07) is 0. The third kappa shape index (κ3) is 17.9. The van der Waals surface area contributed by atoms with E-state index >= 15 is 0 Å². The normalized spacial score (nSPS) is 10.4. The van der Waals surface area contributed by atoms with Crippen LogP contribution in [0.2, 0.25) is 0 Å². The largest absolute Gasteiger partial charge is 0.358 e. The number of carbonyl (C=O) groups excluding carboxylic acids is 2. The number of amides is 1. The highest BCUT2D eigenvalue weighted by molar-refractivity contribution is 5.72. The predicted molar refractivity (Wildman–Crippen MR) is 224 cm³/mol. The number of aldehydes is 1. The molecule has 0 saturated heterocycles. The lowest BCUT2D eigenvalue weighted by molar-refractivity contribution is -0.392. The minimum atomic E-state index is -0.482. The molecule has 60 heavy (non-hydrogen) atoms. The van der Waals surface area contributed by atoms with Crippen molar-refractivity contribution in [2.24, 2.45) is 28.3 Å². The zero-order valence-corrected chi connectivity index (χ0v) is 35.9. The van der Waals surface area contributed by atoms with Crippen molar-refractivity contribution in [2.75, 3.05) is 26.6 Å². The average Bonchev–Trinajstić information content (AvgIpc) is 3.95. The lowest BCUT2D eigenvalue weighted by Crippen LogP contribution is -2.27. The first-order valence-electron chi connectivity index (χ1n) is 19.0. The van der Waals surface area contributed by atoms with E-state index in [-0.39, 0.29) is 36.7 Å². The Labute approximate surface area is 348 Å². The van der Waals surface area contributed by atoms with Crippen LogP contribution < -0.4 is 33.6 Å². The van der Waals surface area contributed by atoms with E-state index in [0.29, 0.717) is 76.0 Å². The lowest BCUT2D eigenvalue weighted by atomic mass is 9.75. The minimum Gasteiger partial charge on any atom is -0.358 e. The Kier molecular flexibility index (Phi) is 25.6. The molecule has 0 radical (unpaired) electrons. The van der Waals surface area contributed by atoms with E-state index in [1.165, 1.54) is 25.5 Å². The quantitative estimate of drug-likeness (QED) is 0.0361. The molecule has 336 valence electrons. The highest BCUT2D eigenvalue weighted by Crippen LogP contribution is 2.38. The molecule has 1 amide bonds. The number of aryl methyl sites for hydroxylation is 5. The van der Waals surface area contributed by atoms with Gasteiger partial charge in [0.05, 0.1) is 32.8 Å². The highest BCUT2D eigenvalue weighted by atomic mass is 16.6. The Morgan fingerprint density at radius 3 is 1.23 bits per heavy atom. The van der Waals surface area contributed by atoms with Crippen molar-refractivity contribution in [1.29, 1.82) is 0 Å². The van der Waals surface area contributed by atoms with Crippen LogP contribution in [0, 0.1) is 70.4 Å². The molecular weight excluding hydrogens is 786 g/mol. The van der Waals surface area contributed by atoms with Crippen LogP contribution in [0.25, 0.3) is 0 Å². The Morgan fingerprint density at radius 2 is 1.03 bits per heavy atom. The molecular formula is C35H63N17O8. The number of aromatic nitrogens is 8. The summed E-state index contributed by atoms with van der Waals surface area (Å²) in [6.07, 6.45) is 8.47. The lowest BCUT2D eigenvalue weighted by Gasteiger charge is -2.32. The van der Waals surface area contributed by atoms with E-state index in [0.717, 1.165) is 24.3 Å². The van der Waals surface area contributed by atoms with E-state index in [2.05, 4.69) is 42.0 Å². The second-order valence-electron chi connectivity index (χ2n) is 13.0. The summed E-state index contributed by atoms with van der Waals surface area (Å²) in [7, 11) is 0. The summed E-state index contributed by atoms with van der Waals surface area (Å²) in [5.74, 6) is 2.00. The molecule has 0 bridgehead atoms. The molecule has 0 aromatic carbocycles. The molecule has 4 aromatic rings. The van der Waals surface area contributed by atoms with Crippen molar-refractivity contribution in [3.05, 3.63) is 84.1 Å². The Bertz CT molecular complexity index is 1750. The summed E-state index contributed by atoms with van der Waals surface area (Å²) in [4.78, 5) is 69.2. The SMILES string of the molecule is CC(=O)NCN.CCC(CCn1c([N+](=O)[O-])cnc1C)(CCn1c([N+](=O)[O-])cnc1C)CCn1c([N+](=O)[O-])cnc1C.CCNCN.Cc1cnc(C)n1CC=O.NCN. The highest BCUT2D eigenvalue weighted by Gasteiger charge is 2.34. The topological polar surface area (TPSA) is 363 Å². The van der Waals surface area contributed by atoms with E-state index in [1.807, 2.05) is 32.3 Å². The van der Waals surface area contributed by atoms with Gasteiger partial charge in [-0.3, -0.25) is 4.79 Å². The third-order valence-electron chi connectivity index (χ3n) is 9.27. The van der Waals surface area contributed by atoms with E-state index in [9.17, 15) is 39.9 Å². The zero-order chi connectivity index (χ0) is 46.0. The molecule has 0 aliphatic heterocycles. The number of nitrogens with one attached hydrogen (secondary N) is 2. The molecule has 4 heterocycles. The van der Waals surface area contributed by atoms with Gasteiger partial charge >= 0.3 is 17.5 Å². The van der Waals surface area contributed by atoms with Crippen molar-refractivity contribution in [3.8, 4) is 0 Å². The van der Waals surface area contributed by atoms with Gasteiger partial charge in [0.2, 0.25) is 5.91 Å². The fraction of sp³-hybridized carbons (Fsp3) is 0.600.